The van der Waals surface area contributed by atoms with Crippen molar-refractivity contribution in [2.24, 2.45) is 5.10 Å². The molecule has 3 aliphatic rings. The van der Waals surface area contributed by atoms with Crippen LogP contribution in [0, 0.1) is 0 Å². The number of piperazine rings is 1. The van der Waals surface area contributed by atoms with Crippen LogP contribution in [0.1, 0.15) is 28.2 Å². The van der Waals surface area contributed by atoms with E-state index in [1.165, 1.54) is 28.5 Å². The number of carbonyl (C=O) groups is 1. The fraction of sp³-hybridized carbons (Fsp3) is 0.304. The summed E-state index contributed by atoms with van der Waals surface area (Å²) in [6, 6.07) is 16.7. The first-order valence-electron chi connectivity index (χ1n) is 9.92. The molecule has 2 unspecified atom stereocenters. The summed E-state index contributed by atoms with van der Waals surface area (Å²) in [5.41, 5.74) is 5.11. The summed E-state index contributed by atoms with van der Waals surface area (Å²) in [4.78, 5) is 14.4. The van der Waals surface area contributed by atoms with Crippen LogP contribution in [0.5, 0.6) is 0 Å². The molecule has 1 amide bonds. The minimum atomic E-state index is -1.26. The van der Waals surface area contributed by atoms with Gasteiger partial charge in [-0.2, -0.15) is 5.10 Å². The molecule has 1 fully saturated rings. The summed E-state index contributed by atoms with van der Waals surface area (Å²) in [5, 5.41) is 26.5. The number of rotatable bonds is 1. The first kappa shape index (κ1) is 17.9. The summed E-state index contributed by atoms with van der Waals surface area (Å²) in [6.07, 6.45) is 1.95. The van der Waals surface area contributed by atoms with Crippen LogP contribution in [0.2, 0.25) is 0 Å². The molecule has 2 aromatic rings. The number of aliphatic hydroxyl groups excluding tert-OH is 2. The van der Waals surface area contributed by atoms with Gasteiger partial charge in [-0.3, -0.25) is 9.80 Å². The van der Waals surface area contributed by atoms with Crippen molar-refractivity contribution in [3.8, 4) is 0 Å². The van der Waals surface area contributed by atoms with Gasteiger partial charge in [0, 0.05) is 19.5 Å². The zero-order valence-electron chi connectivity index (χ0n) is 16.2. The molecule has 0 bridgehead atoms. The number of hydrazone groups is 1. The third-order valence-electron chi connectivity index (χ3n) is 6.24. The van der Waals surface area contributed by atoms with E-state index in [0.717, 1.165) is 12.8 Å². The van der Waals surface area contributed by atoms with Gasteiger partial charge in [0.15, 0.2) is 11.5 Å². The molecular formula is C23H23N3O3. The normalized spacial score (nSPS) is 24.1. The lowest BCUT2D eigenvalue weighted by Gasteiger charge is -2.45. The summed E-state index contributed by atoms with van der Waals surface area (Å²) in [7, 11) is 1.73. The van der Waals surface area contributed by atoms with Crippen LogP contribution in [0.25, 0.3) is 0 Å². The standard InChI is InChI=1S/C23H23N3O3/c1-25-13-18(26-21(23(25)29)22(28)19(27)12-24-26)20-16-8-4-2-6-14(16)10-11-15-7-3-5-9-17(15)20/h2-9,12,18-20,27-28H,10-11,13H2,1H3. The van der Waals surface area contributed by atoms with E-state index in [9.17, 15) is 15.0 Å². The first-order chi connectivity index (χ1) is 14.1. The molecule has 2 atom stereocenters. The zero-order chi connectivity index (χ0) is 20.1. The van der Waals surface area contributed by atoms with E-state index in [1.807, 2.05) is 0 Å². The summed E-state index contributed by atoms with van der Waals surface area (Å²) < 4.78 is 0. The molecule has 5 rings (SSSR count). The van der Waals surface area contributed by atoms with Gasteiger partial charge >= 0.3 is 0 Å². The van der Waals surface area contributed by atoms with E-state index in [2.05, 4.69) is 53.6 Å². The number of aryl methyl sites for hydroxylation is 2. The zero-order valence-corrected chi connectivity index (χ0v) is 16.2. The van der Waals surface area contributed by atoms with Crippen LogP contribution in [0.4, 0.5) is 0 Å². The van der Waals surface area contributed by atoms with Crippen LogP contribution < -0.4 is 0 Å². The van der Waals surface area contributed by atoms with Gasteiger partial charge in [-0.05, 0) is 35.1 Å². The monoisotopic (exact) mass is 389 g/mol. The lowest BCUT2D eigenvalue weighted by atomic mass is 9.81. The molecule has 1 aliphatic carbocycles. The van der Waals surface area contributed by atoms with E-state index in [1.54, 1.807) is 17.0 Å². The predicted octanol–water partition coefficient (Wildman–Crippen LogP) is 2.19. The molecule has 2 aromatic carbocycles. The highest BCUT2D eigenvalue weighted by molar-refractivity contribution is 5.96. The van der Waals surface area contributed by atoms with Crippen LogP contribution in [-0.2, 0) is 17.6 Å². The van der Waals surface area contributed by atoms with Crippen LogP contribution >= 0.6 is 0 Å². The third-order valence-corrected chi connectivity index (χ3v) is 6.24. The third kappa shape index (κ3) is 2.75. The molecule has 29 heavy (non-hydrogen) atoms. The number of amides is 1. The minimum absolute atomic E-state index is 0.0179. The molecule has 6 nitrogen and oxygen atoms in total. The maximum absolute atomic E-state index is 12.8. The second-order valence-corrected chi connectivity index (χ2v) is 7.92. The average molecular weight is 389 g/mol. The highest BCUT2D eigenvalue weighted by Gasteiger charge is 2.45. The molecule has 2 aliphatic heterocycles. The molecule has 2 heterocycles. The Morgan fingerprint density at radius 3 is 2.21 bits per heavy atom. The first-order valence-corrected chi connectivity index (χ1v) is 9.92. The Balaban J connectivity index is 1.71. The van der Waals surface area contributed by atoms with Gasteiger partial charge in [-0.1, -0.05) is 48.5 Å². The van der Waals surface area contributed by atoms with Gasteiger partial charge in [-0.25, -0.2) is 0 Å². The van der Waals surface area contributed by atoms with Gasteiger partial charge in [0.25, 0.3) is 5.91 Å². The molecule has 0 saturated carbocycles. The Morgan fingerprint density at radius 1 is 1.00 bits per heavy atom. The summed E-state index contributed by atoms with van der Waals surface area (Å²) in [6.45, 7) is 0.469. The Labute approximate surface area is 169 Å². The number of hydrogen-bond acceptors (Lipinski definition) is 5. The smallest absolute Gasteiger partial charge is 0.275 e. The number of carbonyl (C=O) groups excluding carboxylic acids is 1. The van der Waals surface area contributed by atoms with Crippen molar-refractivity contribution >= 4 is 12.1 Å². The topological polar surface area (TPSA) is 76.4 Å². The van der Waals surface area contributed by atoms with Crippen LogP contribution in [-0.4, -0.2) is 58.0 Å². The van der Waals surface area contributed by atoms with Gasteiger partial charge in [-0.15, -0.1) is 0 Å². The van der Waals surface area contributed by atoms with Gasteiger partial charge in [0.05, 0.1) is 12.3 Å². The van der Waals surface area contributed by atoms with Crippen molar-refractivity contribution in [3.05, 3.63) is 82.2 Å². The summed E-state index contributed by atoms with van der Waals surface area (Å²) in [5.74, 6) is -0.683. The lowest BCUT2D eigenvalue weighted by Crippen LogP contribution is -2.55. The number of nitrogens with zero attached hydrogens (tertiary/aromatic N) is 3. The second-order valence-electron chi connectivity index (χ2n) is 7.92. The van der Waals surface area contributed by atoms with Crippen LogP contribution in [0.15, 0.2) is 65.1 Å². The van der Waals surface area contributed by atoms with Gasteiger partial charge < -0.3 is 15.1 Å². The van der Waals surface area contributed by atoms with Crippen molar-refractivity contribution in [3.63, 3.8) is 0 Å². The Bertz CT molecular complexity index is 998. The van der Waals surface area contributed by atoms with Crippen molar-refractivity contribution in [1.82, 2.24) is 9.91 Å². The second kappa shape index (κ2) is 6.74. The minimum Gasteiger partial charge on any atom is -0.507 e. The number of fused-ring (bicyclic) bond motifs is 3. The van der Waals surface area contributed by atoms with Crippen molar-refractivity contribution < 1.29 is 15.0 Å². The van der Waals surface area contributed by atoms with Crippen LogP contribution in [0.3, 0.4) is 0 Å². The Hall–Kier alpha value is -3.12. The molecule has 148 valence electrons. The molecule has 6 heteroatoms. The van der Waals surface area contributed by atoms with Crippen molar-refractivity contribution in [2.45, 2.75) is 30.9 Å². The van der Waals surface area contributed by atoms with E-state index < -0.39 is 6.10 Å². The maximum Gasteiger partial charge on any atom is 0.275 e. The number of likely N-dealkylation sites (N-methyl/N-ethyl adjacent to an activating group) is 1. The highest BCUT2D eigenvalue weighted by Crippen LogP contribution is 2.41. The number of aliphatic hydroxyl groups is 2. The van der Waals surface area contributed by atoms with Crippen molar-refractivity contribution in [1.29, 1.82) is 0 Å². The largest absolute Gasteiger partial charge is 0.507 e. The number of hydrogen-bond donors (Lipinski definition) is 2. The van der Waals surface area contributed by atoms with Gasteiger partial charge in [0.1, 0.15) is 6.10 Å². The fourth-order valence-corrected chi connectivity index (χ4v) is 4.83. The number of benzene rings is 2. The van der Waals surface area contributed by atoms with E-state index in [4.69, 9.17) is 0 Å². The molecule has 0 aromatic heterocycles. The van der Waals surface area contributed by atoms with Crippen molar-refractivity contribution in [2.75, 3.05) is 13.6 Å². The maximum atomic E-state index is 12.8. The fourth-order valence-electron chi connectivity index (χ4n) is 4.83. The molecular weight excluding hydrogens is 366 g/mol. The van der Waals surface area contributed by atoms with E-state index >= 15 is 0 Å². The SMILES string of the molecule is CN1CC(C2c3ccccc3CCc3ccccc32)N2N=CC(O)C(O)=C2C1=O. The average Bonchev–Trinajstić information content (AvgIpc) is 2.90. The highest BCUT2D eigenvalue weighted by atomic mass is 16.3. The predicted molar refractivity (Wildman–Crippen MR) is 110 cm³/mol. The molecule has 0 radical (unpaired) electrons. The molecule has 1 saturated heterocycles. The molecule has 2 N–H and O–H groups in total. The quantitative estimate of drug-likeness (QED) is 0.784. The van der Waals surface area contributed by atoms with Gasteiger partial charge in [0.2, 0.25) is 0 Å². The summed E-state index contributed by atoms with van der Waals surface area (Å²) >= 11 is 0. The lowest BCUT2D eigenvalue weighted by molar-refractivity contribution is -0.132. The molecule has 0 spiro atoms. The Morgan fingerprint density at radius 2 is 1.59 bits per heavy atom. The van der Waals surface area contributed by atoms with E-state index in [-0.39, 0.29) is 29.3 Å². The Kier molecular flexibility index (Phi) is 4.17. The van der Waals surface area contributed by atoms with E-state index in [0.29, 0.717) is 6.54 Å².